The zero-order valence-corrected chi connectivity index (χ0v) is 18.7. The van der Waals surface area contributed by atoms with Crippen molar-refractivity contribution in [3.8, 4) is 0 Å². The van der Waals surface area contributed by atoms with Gasteiger partial charge in [0.05, 0.1) is 23.1 Å². The molecular weight excluding hydrogens is 398 g/mol. The number of pyridine rings is 1. The molecule has 5 rings (SSSR count). The fourth-order valence-corrected chi connectivity index (χ4v) is 4.85. The van der Waals surface area contributed by atoms with E-state index in [4.69, 9.17) is 4.98 Å². The highest BCUT2D eigenvalue weighted by Crippen LogP contribution is 2.22. The lowest BCUT2D eigenvalue weighted by Gasteiger charge is -2.30. The minimum Gasteiger partial charge on any atom is -0.330 e. The number of benzene rings is 2. The Morgan fingerprint density at radius 3 is 2.62 bits per heavy atom. The van der Waals surface area contributed by atoms with Crippen LogP contribution in [0.3, 0.4) is 0 Å². The number of aryl methyl sites for hydroxylation is 1. The van der Waals surface area contributed by atoms with Crippen molar-refractivity contribution >= 4 is 27.8 Å². The monoisotopic (exact) mass is 427 g/mol. The van der Waals surface area contributed by atoms with Gasteiger partial charge in [-0.05, 0) is 50.2 Å². The first-order valence-electron chi connectivity index (χ1n) is 11.4. The van der Waals surface area contributed by atoms with Gasteiger partial charge in [0.2, 0.25) is 0 Å². The van der Waals surface area contributed by atoms with E-state index in [0.29, 0.717) is 24.8 Å². The number of likely N-dealkylation sites (N-methyl/N-ethyl adjacent to an activating group) is 1. The summed E-state index contributed by atoms with van der Waals surface area (Å²) in [5, 5.41) is 1.04. The largest absolute Gasteiger partial charge is 0.330 e. The van der Waals surface area contributed by atoms with Crippen LogP contribution in [0, 0.1) is 0 Å². The molecule has 4 aromatic rings. The number of aromatic nitrogens is 3. The standard InChI is InChI=1S/C26H29N5O/c1-3-30-16-8-10-20(30)17-31(18-25-28-22-12-6-7-13-24(22)29(25)2)26(32)23-15-14-19-9-4-5-11-21(19)27-23/h4-7,9,11-15,20H,3,8,10,16-18H2,1-2H3. The number of rotatable bonds is 6. The van der Waals surface area contributed by atoms with Crippen LogP contribution in [-0.2, 0) is 13.6 Å². The fourth-order valence-electron chi connectivity index (χ4n) is 4.85. The van der Waals surface area contributed by atoms with Gasteiger partial charge in [0.15, 0.2) is 0 Å². The molecule has 2 aromatic heterocycles. The second kappa shape index (κ2) is 8.71. The average Bonchev–Trinajstić information content (AvgIpc) is 3.41. The van der Waals surface area contributed by atoms with Gasteiger partial charge in [-0.1, -0.05) is 43.3 Å². The quantitative estimate of drug-likeness (QED) is 0.462. The van der Waals surface area contributed by atoms with Gasteiger partial charge in [0.25, 0.3) is 5.91 Å². The third-order valence-electron chi connectivity index (χ3n) is 6.65. The molecule has 164 valence electrons. The predicted octanol–water partition coefficient (Wildman–Crippen LogP) is 4.25. The molecule has 0 N–H and O–H groups in total. The molecule has 1 amide bonds. The second-order valence-electron chi connectivity index (χ2n) is 8.58. The van der Waals surface area contributed by atoms with Crippen molar-refractivity contribution in [1.82, 2.24) is 24.3 Å². The highest BCUT2D eigenvalue weighted by Gasteiger charge is 2.29. The van der Waals surface area contributed by atoms with E-state index < -0.39 is 0 Å². The lowest BCUT2D eigenvalue weighted by Crippen LogP contribution is -2.43. The first kappa shape index (κ1) is 20.6. The van der Waals surface area contributed by atoms with E-state index in [1.807, 2.05) is 66.5 Å². The molecule has 32 heavy (non-hydrogen) atoms. The summed E-state index contributed by atoms with van der Waals surface area (Å²) >= 11 is 0. The second-order valence-corrected chi connectivity index (χ2v) is 8.58. The molecule has 6 heteroatoms. The van der Waals surface area contributed by atoms with Crippen molar-refractivity contribution in [1.29, 1.82) is 0 Å². The number of likely N-dealkylation sites (tertiary alicyclic amines) is 1. The Morgan fingerprint density at radius 1 is 1.03 bits per heavy atom. The van der Waals surface area contributed by atoms with Crippen LogP contribution < -0.4 is 0 Å². The van der Waals surface area contributed by atoms with E-state index in [-0.39, 0.29) is 5.91 Å². The third kappa shape index (κ3) is 3.86. The van der Waals surface area contributed by atoms with Gasteiger partial charge in [-0.3, -0.25) is 9.69 Å². The maximum atomic E-state index is 13.7. The fraction of sp³-hybridized carbons (Fsp3) is 0.346. The smallest absolute Gasteiger partial charge is 0.272 e. The van der Waals surface area contributed by atoms with Crippen LogP contribution >= 0.6 is 0 Å². The number of fused-ring (bicyclic) bond motifs is 2. The molecule has 6 nitrogen and oxygen atoms in total. The lowest BCUT2D eigenvalue weighted by atomic mass is 10.1. The molecule has 3 heterocycles. The number of carbonyl (C=O) groups excluding carboxylic acids is 1. The van der Waals surface area contributed by atoms with Crippen LogP contribution in [0.15, 0.2) is 60.7 Å². The van der Waals surface area contributed by atoms with Gasteiger partial charge >= 0.3 is 0 Å². The van der Waals surface area contributed by atoms with E-state index in [9.17, 15) is 4.79 Å². The van der Waals surface area contributed by atoms with Crippen LogP contribution in [0.25, 0.3) is 21.9 Å². The van der Waals surface area contributed by atoms with Crippen molar-refractivity contribution in [3.63, 3.8) is 0 Å². The third-order valence-corrected chi connectivity index (χ3v) is 6.65. The van der Waals surface area contributed by atoms with E-state index in [1.54, 1.807) is 0 Å². The minimum absolute atomic E-state index is 0.0363. The molecule has 0 spiro atoms. The molecule has 1 saturated heterocycles. The summed E-state index contributed by atoms with van der Waals surface area (Å²) in [7, 11) is 2.02. The van der Waals surface area contributed by atoms with Crippen molar-refractivity contribution in [2.24, 2.45) is 7.05 Å². The molecule has 1 fully saturated rings. The number of para-hydroxylation sites is 3. The molecule has 1 atom stereocenters. The van der Waals surface area contributed by atoms with Crippen molar-refractivity contribution in [3.05, 3.63) is 72.2 Å². The highest BCUT2D eigenvalue weighted by molar-refractivity contribution is 5.95. The number of imidazole rings is 1. The van der Waals surface area contributed by atoms with E-state index in [1.165, 1.54) is 6.42 Å². The Bertz CT molecular complexity index is 1260. The number of hydrogen-bond donors (Lipinski definition) is 0. The molecule has 1 aliphatic heterocycles. The summed E-state index contributed by atoms with van der Waals surface area (Å²) < 4.78 is 2.09. The summed E-state index contributed by atoms with van der Waals surface area (Å²) in [4.78, 5) is 27.6. The zero-order chi connectivity index (χ0) is 22.1. The Hall–Kier alpha value is -3.25. The highest BCUT2D eigenvalue weighted by atomic mass is 16.2. The molecular formula is C26H29N5O. The molecule has 0 aliphatic carbocycles. The average molecular weight is 428 g/mol. The summed E-state index contributed by atoms with van der Waals surface area (Å²) in [6.45, 7) is 5.45. The van der Waals surface area contributed by atoms with Crippen LogP contribution in [0.4, 0.5) is 0 Å². The van der Waals surface area contributed by atoms with Gasteiger partial charge in [-0.25, -0.2) is 9.97 Å². The van der Waals surface area contributed by atoms with Gasteiger partial charge < -0.3 is 9.47 Å². The maximum Gasteiger partial charge on any atom is 0.272 e. The maximum absolute atomic E-state index is 13.7. The number of nitrogens with zero attached hydrogens (tertiary/aromatic N) is 5. The van der Waals surface area contributed by atoms with Gasteiger partial charge in [0, 0.05) is 25.0 Å². The van der Waals surface area contributed by atoms with E-state index >= 15 is 0 Å². The molecule has 0 radical (unpaired) electrons. The van der Waals surface area contributed by atoms with E-state index in [2.05, 4.69) is 27.4 Å². The summed E-state index contributed by atoms with van der Waals surface area (Å²) in [5.74, 6) is 0.854. The number of amides is 1. The number of carbonyl (C=O) groups is 1. The molecule has 0 bridgehead atoms. The normalized spacial score (nSPS) is 16.8. The Balaban J connectivity index is 1.49. The van der Waals surface area contributed by atoms with Crippen LogP contribution in [0.2, 0.25) is 0 Å². The molecule has 1 aliphatic rings. The minimum atomic E-state index is -0.0363. The van der Waals surface area contributed by atoms with Gasteiger partial charge in [0.1, 0.15) is 11.5 Å². The number of hydrogen-bond acceptors (Lipinski definition) is 4. The van der Waals surface area contributed by atoms with Crippen LogP contribution in [0.5, 0.6) is 0 Å². The Labute approximate surface area is 188 Å². The zero-order valence-electron chi connectivity index (χ0n) is 18.7. The lowest BCUT2D eigenvalue weighted by molar-refractivity contribution is 0.0680. The SMILES string of the molecule is CCN1CCCC1CN(Cc1nc2ccccc2n1C)C(=O)c1ccc2ccccc2n1. The Morgan fingerprint density at radius 2 is 1.81 bits per heavy atom. The summed E-state index contributed by atoms with van der Waals surface area (Å²) in [6, 6.07) is 20.2. The molecule has 0 saturated carbocycles. The Kier molecular flexibility index (Phi) is 5.62. The van der Waals surface area contributed by atoms with Gasteiger partial charge in [-0.2, -0.15) is 0 Å². The summed E-state index contributed by atoms with van der Waals surface area (Å²) in [6.07, 6.45) is 2.30. The topological polar surface area (TPSA) is 54.3 Å². The van der Waals surface area contributed by atoms with Crippen LogP contribution in [-0.4, -0.2) is 55.9 Å². The first-order valence-corrected chi connectivity index (χ1v) is 11.4. The van der Waals surface area contributed by atoms with Gasteiger partial charge in [-0.15, -0.1) is 0 Å². The van der Waals surface area contributed by atoms with Crippen LogP contribution in [0.1, 0.15) is 36.1 Å². The van der Waals surface area contributed by atoms with Crippen molar-refractivity contribution in [2.45, 2.75) is 32.4 Å². The molecule has 1 unspecified atom stereocenters. The first-order chi connectivity index (χ1) is 15.6. The molecule has 2 aromatic carbocycles. The summed E-state index contributed by atoms with van der Waals surface area (Å²) in [5.41, 5.74) is 3.37. The van der Waals surface area contributed by atoms with E-state index in [0.717, 1.165) is 47.3 Å². The predicted molar refractivity (Wildman–Crippen MR) is 127 cm³/mol. The van der Waals surface area contributed by atoms with Crippen molar-refractivity contribution in [2.75, 3.05) is 19.6 Å². The van der Waals surface area contributed by atoms with Crippen molar-refractivity contribution < 1.29 is 4.79 Å².